The second kappa shape index (κ2) is 15.1. The molecule has 11 nitrogen and oxygen atoms in total. The number of piperidine rings is 3. The van der Waals surface area contributed by atoms with Gasteiger partial charge in [-0.15, -0.1) is 0 Å². The summed E-state index contributed by atoms with van der Waals surface area (Å²) in [7, 11) is 1.82. The first kappa shape index (κ1) is 34.7. The molecule has 11 heteroatoms. The molecule has 6 rings (SSSR count). The van der Waals surface area contributed by atoms with Gasteiger partial charge in [-0.05, 0) is 66.6 Å². The van der Waals surface area contributed by atoms with Crippen LogP contribution in [-0.4, -0.2) is 88.3 Å². The van der Waals surface area contributed by atoms with Crippen molar-refractivity contribution >= 4 is 23.8 Å². The molecule has 260 valence electrons. The second-order valence-corrected chi connectivity index (χ2v) is 14.1. The van der Waals surface area contributed by atoms with Crippen LogP contribution in [0.5, 0.6) is 6.01 Å². The Morgan fingerprint density at radius 2 is 1.71 bits per heavy atom. The van der Waals surface area contributed by atoms with Crippen LogP contribution in [0.4, 0.5) is 5.69 Å². The highest BCUT2D eigenvalue weighted by Crippen LogP contribution is 2.35. The fraction of sp³-hybridized carbons (Fsp3) is 0.500. The molecule has 49 heavy (non-hydrogen) atoms. The zero-order valence-corrected chi connectivity index (χ0v) is 28.8. The molecule has 2 aromatic carbocycles. The number of nitrogens with one attached hydrogen (secondary N) is 1. The first-order chi connectivity index (χ1) is 23.6. The van der Waals surface area contributed by atoms with Gasteiger partial charge in [0.25, 0.3) is 0 Å². The number of aliphatic hydroxyl groups is 1. The number of likely N-dealkylation sites (tertiary alicyclic amines) is 1. The van der Waals surface area contributed by atoms with Crippen molar-refractivity contribution in [3.8, 4) is 6.01 Å². The summed E-state index contributed by atoms with van der Waals surface area (Å²) in [6.07, 6.45) is 8.38. The normalized spacial score (nSPS) is 20.4. The molecular formula is C38H48N6O5. The maximum atomic E-state index is 12.4. The van der Waals surface area contributed by atoms with Crippen LogP contribution in [0.2, 0.25) is 0 Å². The van der Waals surface area contributed by atoms with Crippen LogP contribution in [-0.2, 0) is 28.3 Å². The van der Waals surface area contributed by atoms with Crippen molar-refractivity contribution in [2.24, 2.45) is 0 Å². The summed E-state index contributed by atoms with van der Waals surface area (Å²) >= 11 is 0. The van der Waals surface area contributed by atoms with Crippen LogP contribution in [0.1, 0.15) is 90.9 Å². The van der Waals surface area contributed by atoms with Gasteiger partial charge in [0, 0.05) is 82.2 Å². The third kappa shape index (κ3) is 8.34. The molecule has 3 fully saturated rings. The molecule has 3 saturated heterocycles. The first-order valence-corrected chi connectivity index (χ1v) is 17.5. The SMILES string of the molecule is CC(C)c1cnc(OC2CCN(c3ccc(CN4CCC(O)(c5ccc(C=O)c(CN(C)C6CCC(=O)NC6=O)c5)CC4)cc3)CC2)nc1. The number of hydrogen-bond donors (Lipinski definition) is 2. The number of likely N-dealkylation sites (N-methyl/N-ethyl adjacent to an activating group) is 1. The molecule has 3 aromatic rings. The van der Waals surface area contributed by atoms with Gasteiger partial charge in [-0.3, -0.25) is 29.5 Å². The Kier molecular flexibility index (Phi) is 10.7. The Morgan fingerprint density at radius 1 is 1.02 bits per heavy atom. The van der Waals surface area contributed by atoms with Gasteiger partial charge in [0.1, 0.15) is 12.4 Å². The van der Waals surface area contributed by atoms with Gasteiger partial charge in [-0.2, -0.15) is 0 Å². The number of carbonyl (C=O) groups excluding carboxylic acids is 3. The molecule has 1 atom stereocenters. The van der Waals surface area contributed by atoms with Crippen LogP contribution < -0.4 is 15.0 Å². The average molecular weight is 669 g/mol. The Labute approximate surface area is 288 Å². The van der Waals surface area contributed by atoms with Crippen molar-refractivity contribution in [3.05, 3.63) is 82.7 Å². The summed E-state index contributed by atoms with van der Waals surface area (Å²) < 4.78 is 6.07. The van der Waals surface area contributed by atoms with Crippen molar-refractivity contribution in [3.63, 3.8) is 0 Å². The van der Waals surface area contributed by atoms with Crippen LogP contribution in [0, 0.1) is 0 Å². The zero-order chi connectivity index (χ0) is 34.5. The van der Waals surface area contributed by atoms with E-state index in [1.54, 1.807) is 6.07 Å². The summed E-state index contributed by atoms with van der Waals surface area (Å²) in [5.74, 6) is -0.172. The minimum Gasteiger partial charge on any atom is -0.460 e. The molecule has 3 aliphatic heterocycles. The maximum Gasteiger partial charge on any atom is 0.316 e. The topological polar surface area (TPSA) is 128 Å². The van der Waals surface area contributed by atoms with Crippen LogP contribution in [0.15, 0.2) is 54.9 Å². The Hall–Kier alpha value is -4.19. The number of hydrogen-bond acceptors (Lipinski definition) is 10. The smallest absolute Gasteiger partial charge is 0.316 e. The Bertz CT molecular complexity index is 1610. The number of aldehydes is 1. The fourth-order valence-electron chi connectivity index (χ4n) is 7.13. The predicted octanol–water partition coefficient (Wildman–Crippen LogP) is 4.18. The fourth-order valence-corrected chi connectivity index (χ4v) is 7.13. The molecule has 1 unspecified atom stereocenters. The number of imide groups is 1. The van der Waals surface area contributed by atoms with E-state index in [9.17, 15) is 19.5 Å². The van der Waals surface area contributed by atoms with Gasteiger partial charge in [0.2, 0.25) is 11.8 Å². The van der Waals surface area contributed by atoms with E-state index in [1.807, 2.05) is 36.5 Å². The molecule has 0 radical (unpaired) electrons. The molecule has 0 saturated carbocycles. The Morgan fingerprint density at radius 3 is 2.35 bits per heavy atom. The van der Waals surface area contributed by atoms with Crippen LogP contribution in [0.25, 0.3) is 0 Å². The molecule has 2 amide bonds. The van der Waals surface area contributed by atoms with E-state index in [4.69, 9.17) is 4.74 Å². The van der Waals surface area contributed by atoms with E-state index >= 15 is 0 Å². The van der Waals surface area contributed by atoms with Gasteiger partial charge >= 0.3 is 6.01 Å². The third-order valence-electron chi connectivity index (χ3n) is 10.4. The molecule has 2 N–H and O–H groups in total. The van der Waals surface area contributed by atoms with Crippen molar-refractivity contribution < 1.29 is 24.2 Å². The largest absolute Gasteiger partial charge is 0.460 e. The summed E-state index contributed by atoms with van der Waals surface area (Å²) in [5.41, 5.74) is 4.65. The lowest BCUT2D eigenvalue weighted by Gasteiger charge is -2.39. The number of benzene rings is 2. The number of ether oxygens (including phenoxy) is 1. The lowest BCUT2D eigenvalue weighted by atomic mass is 9.83. The van der Waals surface area contributed by atoms with Gasteiger partial charge < -0.3 is 14.7 Å². The van der Waals surface area contributed by atoms with Crippen molar-refractivity contribution in [1.29, 1.82) is 0 Å². The molecular weight excluding hydrogens is 620 g/mol. The van der Waals surface area contributed by atoms with E-state index in [2.05, 4.69) is 63.2 Å². The molecule has 4 heterocycles. The van der Waals surface area contributed by atoms with Crippen LogP contribution >= 0.6 is 0 Å². The molecule has 3 aliphatic rings. The number of anilines is 1. The monoisotopic (exact) mass is 668 g/mol. The third-order valence-corrected chi connectivity index (χ3v) is 10.4. The standard InChI is InChI=1S/C38H48N6O5/c1-26(2)30-21-39-37(40-22-30)49-33-12-16-44(17-13-33)32-8-4-27(5-9-32)23-43-18-14-38(48,15-19-43)31-7-6-28(25-45)29(20-31)24-42(3)34-10-11-35(46)41-36(34)47/h4-9,20-22,25-26,33-34,48H,10-19,23-24H2,1-3H3,(H,41,46,47). The van der Waals surface area contributed by atoms with E-state index in [-0.39, 0.29) is 17.9 Å². The van der Waals surface area contributed by atoms with Gasteiger partial charge in [-0.1, -0.05) is 44.2 Å². The lowest BCUT2D eigenvalue weighted by molar-refractivity contribution is -0.137. The van der Waals surface area contributed by atoms with Gasteiger partial charge in [0.15, 0.2) is 0 Å². The number of aromatic nitrogens is 2. The van der Waals surface area contributed by atoms with E-state index in [0.717, 1.165) is 68.5 Å². The Balaban J connectivity index is 0.988. The lowest BCUT2D eigenvalue weighted by Crippen LogP contribution is -2.51. The highest BCUT2D eigenvalue weighted by molar-refractivity contribution is 6.00. The minimum absolute atomic E-state index is 0.117. The highest BCUT2D eigenvalue weighted by Gasteiger charge is 2.35. The molecule has 0 spiro atoms. The second-order valence-electron chi connectivity index (χ2n) is 14.1. The van der Waals surface area contributed by atoms with Crippen molar-refractivity contribution in [2.45, 2.75) is 89.1 Å². The molecule has 0 bridgehead atoms. The van der Waals surface area contributed by atoms with E-state index in [0.29, 0.717) is 49.7 Å². The quantitative estimate of drug-likeness (QED) is 0.227. The van der Waals surface area contributed by atoms with Crippen molar-refractivity contribution in [2.75, 3.05) is 38.1 Å². The summed E-state index contributed by atoms with van der Waals surface area (Å²) in [6, 6.07) is 14.3. The predicted molar refractivity (Wildman–Crippen MR) is 186 cm³/mol. The van der Waals surface area contributed by atoms with E-state index in [1.165, 1.54) is 11.3 Å². The highest BCUT2D eigenvalue weighted by atomic mass is 16.5. The summed E-state index contributed by atoms with van der Waals surface area (Å²) in [4.78, 5) is 51.3. The molecule has 0 aliphatic carbocycles. The van der Waals surface area contributed by atoms with Gasteiger partial charge in [-0.25, -0.2) is 9.97 Å². The number of amides is 2. The molecule has 1 aromatic heterocycles. The van der Waals surface area contributed by atoms with Gasteiger partial charge in [0.05, 0.1) is 11.6 Å². The van der Waals surface area contributed by atoms with Crippen LogP contribution in [0.3, 0.4) is 0 Å². The average Bonchev–Trinajstić information content (AvgIpc) is 3.10. The van der Waals surface area contributed by atoms with Crippen molar-refractivity contribution in [1.82, 2.24) is 25.1 Å². The number of carbonyl (C=O) groups is 3. The number of nitrogens with zero attached hydrogens (tertiary/aromatic N) is 5. The van der Waals surface area contributed by atoms with E-state index < -0.39 is 11.6 Å². The zero-order valence-electron chi connectivity index (χ0n) is 28.8. The summed E-state index contributed by atoms with van der Waals surface area (Å²) in [6.45, 7) is 8.76. The number of rotatable bonds is 11. The minimum atomic E-state index is -0.997. The maximum absolute atomic E-state index is 12.4. The first-order valence-electron chi connectivity index (χ1n) is 17.5. The summed E-state index contributed by atoms with van der Waals surface area (Å²) in [5, 5.41) is 14.1.